The van der Waals surface area contributed by atoms with Gasteiger partial charge in [0.1, 0.15) is 6.04 Å². The van der Waals surface area contributed by atoms with E-state index in [0.29, 0.717) is 50.4 Å². The standard InChI is InChI=1S/C36H53N5O6S/c1-5-6-9-18-31(42)33(43)29(21-26-14-10-7-11-15-26)38-34(44)30(23-28-24-48-25-37-28)39-35(45)32(22-27-16-12-8-13-17-27)47-36(46)41(4)20-19-40(2)3/h1,8,12-13,16-17,24-26,29-33,42-43H,6-7,9-11,14-15,18-23H2,2-4H3,(H,38,44)(H,39,45)/t29-,30-,31-,32-,33+/m0/s1. The van der Waals surface area contributed by atoms with Gasteiger partial charge in [0, 0.05) is 44.8 Å². The number of terminal acetylenes is 1. The maximum absolute atomic E-state index is 14.0. The Balaban J connectivity index is 1.82. The predicted octanol–water partition coefficient (Wildman–Crippen LogP) is 3.39. The zero-order valence-corrected chi connectivity index (χ0v) is 29.4. The van der Waals surface area contributed by atoms with Crippen molar-refractivity contribution in [3.8, 4) is 12.3 Å². The van der Waals surface area contributed by atoms with E-state index in [-0.39, 0.29) is 12.8 Å². The molecular weight excluding hydrogens is 630 g/mol. The highest BCUT2D eigenvalue weighted by molar-refractivity contribution is 7.07. The lowest BCUT2D eigenvalue weighted by Gasteiger charge is -2.33. The van der Waals surface area contributed by atoms with Crippen molar-refractivity contribution in [1.29, 1.82) is 0 Å². The smallest absolute Gasteiger partial charge is 0.410 e. The number of ether oxygens (including phenoxy) is 1. The predicted molar refractivity (Wildman–Crippen MR) is 187 cm³/mol. The summed E-state index contributed by atoms with van der Waals surface area (Å²) in [6.07, 6.45) is 8.56. The normalized spacial score (nSPS) is 16.6. The highest BCUT2D eigenvalue weighted by atomic mass is 32.1. The lowest BCUT2D eigenvalue weighted by Crippen LogP contribution is -2.57. The van der Waals surface area contributed by atoms with Gasteiger partial charge in [0.05, 0.1) is 29.5 Å². The number of nitrogens with one attached hydrogen (secondary N) is 2. The van der Waals surface area contributed by atoms with Crippen molar-refractivity contribution in [3.63, 3.8) is 0 Å². The van der Waals surface area contributed by atoms with Crippen LogP contribution in [0.15, 0.2) is 41.2 Å². The lowest BCUT2D eigenvalue weighted by molar-refractivity contribution is -0.135. The first-order valence-electron chi connectivity index (χ1n) is 16.9. The SMILES string of the molecule is C#CCCC[C@H](O)[C@H](O)[C@H](CC1CCCCC1)NC(=O)[C@H](Cc1cscn1)NC(=O)[C@H](Cc1ccccc1)OC(=O)N(C)CCN(C)C. The van der Waals surface area contributed by atoms with Crippen molar-refractivity contribution >= 4 is 29.2 Å². The summed E-state index contributed by atoms with van der Waals surface area (Å²) in [4.78, 5) is 48.6. The Morgan fingerprint density at radius 2 is 1.77 bits per heavy atom. The fourth-order valence-corrected chi connectivity index (χ4v) is 6.46. The van der Waals surface area contributed by atoms with Gasteiger partial charge in [-0.3, -0.25) is 9.59 Å². The van der Waals surface area contributed by atoms with E-state index in [0.717, 1.165) is 37.7 Å². The minimum absolute atomic E-state index is 0.0901. The topological polar surface area (TPSA) is 144 Å². The number of thiazole rings is 1. The fraction of sp³-hybridized carbons (Fsp3) is 0.611. The van der Waals surface area contributed by atoms with Crippen LogP contribution in [0, 0.1) is 18.3 Å². The minimum atomic E-state index is -1.21. The Bertz CT molecular complexity index is 1280. The summed E-state index contributed by atoms with van der Waals surface area (Å²) in [7, 11) is 5.41. The van der Waals surface area contributed by atoms with E-state index in [1.807, 2.05) is 49.3 Å². The molecular formula is C36H53N5O6S. The van der Waals surface area contributed by atoms with Gasteiger partial charge < -0.3 is 35.4 Å². The highest BCUT2D eigenvalue weighted by Crippen LogP contribution is 2.29. The number of rotatable bonds is 19. The van der Waals surface area contributed by atoms with Crippen molar-refractivity contribution in [2.45, 2.75) is 101 Å². The van der Waals surface area contributed by atoms with Crippen LogP contribution < -0.4 is 10.6 Å². The molecule has 1 aromatic heterocycles. The number of nitrogens with zero attached hydrogens (tertiary/aromatic N) is 3. The monoisotopic (exact) mass is 683 g/mol. The molecule has 1 aliphatic carbocycles. The molecule has 1 heterocycles. The molecule has 3 rings (SSSR count). The molecule has 0 bridgehead atoms. The third kappa shape index (κ3) is 13.5. The van der Waals surface area contributed by atoms with Crippen LogP contribution in [0.5, 0.6) is 0 Å². The van der Waals surface area contributed by atoms with Gasteiger partial charge in [-0.05, 0) is 44.8 Å². The molecule has 0 saturated heterocycles. The Kier molecular flexibility index (Phi) is 16.9. The molecule has 0 radical (unpaired) electrons. The zero-order valence-electron chi connectivity index (χ0n) is 28.6. The Morgan fingerprint density at radius 1 is 1.04 bits per heavy atom. The fourth-order valence-electron chi connectivity index (χ4n) is 5.89. The van der Waals surface area contributed by atoms with Crippen molar-refractivity contribution in [1.82, 2.24) is 25.4 Å². The number of carbonyl (C=O) groups excluding carboxylic acids is 3. The van der Waals surface area contributed by atoms with Crippen LogP contribution in [0.1, 0.15) is 69.0 Å². The maximum atomic E-state index is 14.0. The van der Waals surface area contributed by atoms with Crippen LogP contribution in [-0.2, 0) is 27.2 Å². The molecule has 1 saturated carbocycles. The van der Waals surface area contributed by atoms with E-state index in [2.05, 4.69) is 21.5 Å². The number of aliphatic hydroxyl groups excluding tert-OH is 2. The van der Waals surface area contributed by atoms with Crippen molar-refractivity contribution in [2.75, 3.05) is 34.2 Å². The molecule has 1 aromatic carbocycles. The summed E-state index contributed by atoms with van der Waals surface area (Å²) in [5.74, 6) is 1.71. The van der Waals surface area contributed by atoms with Crippen LogP contribution in [0.4, 0.5) is 4.79 Å². The first-order valence-corrected chi connectivity index (χ1v) is 17.9. The van der Waals surface area contributed by atoms with Gasteiger partial charge >= 0.3 is 6.09 Å². The first kappa shape index (κ1) is 38.9. The number of hydrogen-bond acceptors (Lipinski definition) is 9. The molecule has 48 heavy (non-hydrogen) atoms. The molecule has 264 valence electrons. The Hall–Kier alpha value is -3.50. The molecule has 0 unspecified atom stereocenters. The van der Waals surface area contributed by atoms with Gasteiger partial charge in [-0.1, -0.05) is 62.4 Å². The molecule has 1 fully saturated rings. The van der Waals surface area contributed by atoms with E-state index >= 15 is 0 Å². The molecule has 0 spiro atoms. The Labute approximate surface area is 289 Å². The zero-order chi connectivity index (χ0) is 34.9. The van der Waals surface area contributed by atoms with Gasteiger partial charge in [-0.2, -0.15) is 0 Å². The van der Waals surface area contributed by atoms with Crippen LogP contribution >= 0.6 is 11.3 Å². The Morgan fingerprint density at radius 3 is 2.42 bits per heavy atom. The molecule has 12 heteroatoms. The quantitative estimate of drug-likeness (QED) is 0.130. The van der Waals surface area contributed by atoms with Crippen LogP contribution in [0.3, 0.4) is 0 Å². The average molecular weight is 684 g/mol. The highest BCUT2D eigenvalue weighted by Gasteiger charge is 2.34. The second-order valence-electron chi connectivity index (χ2n) is 13.0. The summed E-state index contributed by atoms with van der Waals surface area (Å²) in [6, 6.07) is 7.41. The number of unbranched alkanes of at least 4 members (excludes halogenated alkanes) is 1. The van der Waals surface area contributed by atoms with E-state index in [1.165, 1.54) is 16.2 Å². The van der Waals surface area contributed by atoms with E-state index in [4.69, 9.17) is 11.2 Å². The van der Waals surface area contributed by atoms with Crippen LogP contribution in [-0.4, -0.2) is 108 Å². The van der Waals surface area contributed by atoms with Gasteiger partial charge in [0.25, 0.3) is 5.91 Å². The van der Waals surface area contributed by atoms with E-state index in [9.17, 15) is 24.6 Å². The minimum Gasteiger partial charge on any atom is -0.436 e. The summed E-state index contributed by atoms with van der Waals surface area (Å²) in [6.45, 7) is 1.02. The van der Waals surface area contributed by atoms with E-state index in [1.54, 1.807) is 17.9 Å². The average Bonchev–Trinajstić information content (AvgIpc) is 3.60. The molecule has 1 aliphatic rings. The van der Waals surface area contributed by atoms with Gasteiger partial charge in [-0.15, -0.1) is 23.7 Å². The third-order valence-electron chi connectivity index (χ3n) is 8.79. The molecule has 3 amide bonds. The molecule has 2 aromatic rings. The third-order valence-corrected chi connectivity index (χ3v) is 9.43. The number of amides is 3. The number of aliphatic hydroxyl groups is 2. The first-order chi connectivity index (χ1) is 23.1. The summed E-state index contributed by atoms with van der Waals surface area (Å²) >= 11 is 1.37. The number of hydrogen-bond donors (Lipinski definition) is 4. The largest absolute Gasteiger partial charge is 0.436 e. The van der Waals surface area contributed by atoms with Gasteiger partial charge in [-0.25, -0.2) is 9.78 Å². The summed E-state index contributed by atoms with van der Waals surface area (Å²) in [5, 5.41) is 29.7. The second kappa shape index (κ2) is 20.8. The van der Waals surface area contributed by atoms with Crippen molar-refractivity contribution in [2.24, 2.45) is 5.92 Å². The number of carbonyl (C=O) groups is 3. The molecule has 11 nitrogen and oxygen atoms in total. The second-order valence-corrected chi connectivity index (χ2v) is 13.8. The van der Waals surface area contributed by atoms with Crippen molar-refractivity contribution < 1.29 is 29.3 Å². The summed E-state index contributed by atoms with van der Waals surface area (Å²) < 4.78 is 5.75. The maximum Gasteiger partial charge on any atom is 0.410 e. The molecule has 0 aliphatic heterocycles. The molecule has 5 atom stereocenters. The van der Waals surface area contributed by atoms with Crippen LogP contribution in [0.2, 0.25) is 0 Å². The van der Waals surface area contributed by atoms with Crippen LogP contribution in [0.25, 0.3) is 0 Å². The van der Waals surface area contributed by atoms with Gasteiger partial charge in [0.2, 0.25) is 5.91 Å². The van der Waals surface area contributed by atoms with E-state index < -0.39 is 48.3 Å². The number of benzene rings is 1. The van der Waals surface area contributed by atoms with Gasteiger partial charge in [0.15, 0.2) is 6.10 Å². The number of aromatic nitrogens is 1. The lowest BCUT2D eigenvalue weighted by atomic mass is 9.82. The van der Waals surface area contributed by atoms with Crippen molar-refractivity contribution in [3.05, 3.63) is 52.5 Å². The summed E-state index contributed by atoms with van der Waals surface area (Å²) in [5.41, 5.74) is 3.05. The number of likely N-dealkylation sites (N-methyl/N-ethyl adjacent to an activating group) is 2. The molecule has 4 N–H and O–H groups in total.